The molecule has 0 amide bonds. The SMILES string of the molecule is NC(=S)c1ccc(NCC2CCS(=O)(=O)C2)cn1. The van der Waals surface area contributed by atoms with E-state index in [4.69, 9.17) is 18.0 Å². The average molecular weight is 285 g/mol. The van der Waals surface area contributed by atoms with Crippen molar-refractivity contribution in [3.8, 4) is 0 Å². The fourth-order valence-electron chi connectivity index (χ4n) is 1.94. The molecule has 1 aromatic rings. The van der Waals surface area contributed by atoms with Crippen molar-refractivity contribution in [2.24, 2.45) is 11.7 Å². The molecule has 0 aromatic carbocycles. The van der Waals surface area contributed by atoms with E-state index in [1.54, 1.807) is 12.3 Å². The largest absolute Gasteiger partial charge is 0.388 e. The molecule has 0 spiro atoms. The number of pyridine rings is 1. The van der Waals surface area contributed by atoms with Gasteiger partial charge in [0.05, 0.1) is 29.1 Å². The molecule has 2 heterocycles. The molecule has 7 heteroatoms. The summed E-state index contributed by atoms with van der Waals surface area (Å²) in [5, 5.41) is 3.18. The van der Waals surface area contributed by atoms with Gasteiger partial charge in [-0.2, -0.15) is 0 Å². The zero-order valence-electron chi connectivity index (χ0n) is 9.80. The predicted molar refractivity (Wildman–Crippen MR) is 75.4 cm³/mol. The number of rotatable bonds is 4. The van der Waals surface area contributed by atoms with E-state index in [1.807, 2.05) is 6.07 Å². The number of aromatic nitrogens is 1. The Balaban J connectivity index is 1.89. The number of hydrogen-bond acceptors (Lipinski definition) is 5. The van der Waals surface area contributed by atoms with Crippen LogP contribution in [0.2, 0.25) is 0 Å². The van der Waals surface area contributed by atoms with Gasteiger partial charge < -0.3 is 11.1 Å². The Bertz CT molecular complexity index is 540. The minimum absolute atomic E-state index is 0.185. The van der Waals surface area contributed by atoms with Gasteiger partial charge in [-0.3, -0.25) is 4.98 Å². The van der Waals surface area contributed by atoms with Gasteiger partial charge in [0.1, 0.15) is 4.99 Å². The second-order valence-corrected chi connectivity index (χ2v) is 7.11. The van der Waals surface area contributed by atoms with Gasteiger partial charge >= 0.3 is 0 Å². The third-order valence-electron chi connectivity index (χ3n) is 2.94. The molecule has 1 aliphatic rings. The Morgan fingerprint density at radius 1 is 1.56 bits per heavy atom. The molecule has 98 valence electrons. The van der Waals surface area contributed by atoms with E-state index in [0.717, 1.165) is 12.1 Å². The first-order chi connectivity index (χ1) is 8.46. The summed E-state index contributed by atoms with van der Waals surface area (Å²) < 4.78 is 22.6. The van der Waals surface area contributed by atoms with Gasteiger partial charge in [0.15, 0.2) is 9.84 Å². The molecule has 0 radical (unpaired) electrons. The molecule has 1 saturated heterocycles. The Labute approximate surface area is 112 Å². The summed E-state index contributed by atoms with van der Waals surface area (Å²) in [5.74, 6) is 0.765. The van der Waals surface area contributed by atoms with Gasteiger partial charge in [0, 0.05) is 6.54 Å². The number of anilines is 1. The van der Waals surface area contributed by atoms with Crippen molar-refractivity contribution in [1.29, 1.82) is 0 Å². The number of nitrogens with zero attached hydrogens (tertiary/aromatic N) is 1. The van der Waals surface area contributed by atoms with E-state index in [9.17, 15) is 8.42 Å². The summed E-state index contributed by atoms with van der Waals surface area (Å²) in [4.78, 5) is 4.37. The van der Waals surface area contributed by atoms with E-state index in [0.29, 0.717) is 18.0 Å². The van der Waals surface area contributed by atoms with E-state index < -0.39 is 9.84 Å². The maximum Gasteiger partial charge on any atom is 0.150 e. The molecule has 0 saturated carbocycles. The molecule has 1 unspecified atom stereocenters. The molecular formula is C11H15N3O2S2. The number of hydrogen-bond donors (Lipinski definition) is 2. The lowest BCUT2D eigenvalue weighted by Crippen LogP contribution is -2.16. The first-order valence-electron chi connectivity index (χ1n) is 5.66. The first-order valence-corrected chi connectivity index (χ1v) is 7.89. The lowest BCUT2D eigenvalue weighted by Gasteiger charge is -2.10. The Morgan fingerprint density at radius 2 is 2.33 bits per heavy atom. The summed E-state index contributed by atoms with van der Waals surface area (Å²) in [6.45, 7) is 0.646. The van der Waals surface area contributed by atoms with Crippen LogP contribution in [0.3, 0.4) is 0 Å². The van der Waals surface area contributed by atoms with Crippen LogP contribution in [0.15, 0.2) is 18.3 Å². The Hall–Kier alpha value is -1.21. The van der Waals surface area contributed by atoms with Gasteiger partial charge in [-0.05, 0) is 24.5 Å². The van der Waals surface area contributed by atoms with Gasteiger partial charge in [0.2, 0.25) is 0 Å². The third kappa shape index (κ3) is 3.39. The van der Waals surface area contributed by atoms with Crippen molar-refractivity contribution >= 4 is 32.7 Å². The van der Waals surface area contributed by atoms with Crippen LogP contribution in [0.5, 0.6) is 0 Å². The van der Waals surface area contributed by atoms with Crippen LogP contribution in [-0.2, 0) is 9.84 Å². The van der Waals surface area contributed by atoms with Crippen molar-refractivity contribution in [1.82, 2.24) is 4.98 Å². The minimum Gasteiger partial charge on any atom is -0.388 e. The fraction of sp³-hybridized carbons (Fsp3) is 0.455. The van der Waals surface area contributed by atoms with Crippen LogP contribution >= 0.6 is 12.2 Å². The number of nitrogens with two attached hydrogens (primary N) is 1. The molecule has 18 heavy (non-hydrogen) atoms. The van der Waals surface area contributed by atoms with Gasteiger partial charge in [-0.1, -0.05) is 12.2 Å². The lowest BCUT2D eigenvalue weighted by atomic mass is 10.1. The van der Waals surface area contributed by atoms with Gasteiger partial charge in [0.25, 0.3) is 0 Å². The zero-order chi connectivity index (χ0) is 13.2. The maximum absolute atomic E-state index is 11.3. The molecule has 3 N–H and O–H groups in total. The normalized spacial score (nSPS) is 21.7. The number of sulfone groups is 1. The highest BCUT2D eigenvalue weighted by atomic mass is 32.2. The average Bonchev–Trinajstić information content (AvgIpc) is 2.67. The highest BCUT2D eigenvalue weighted by Gasteiger charge is 2.27. The third-order valence-corrected chi connectivity index (χ3v) is 4.98. The van der Waals surface area contributed by atoms with Crippen molar-refractivity contribution < 1.29 is 8.42 Å². The highest BCUT2D eigenvalue weighted by molar-refractivity contribution is 7.91. The van der Waals surface area contributed by atoms with Crippen molar-refractivity contribution in [3.05, 3.63) is 24.0 Å². The molecule has 0 bridgehead atoms. The lowest BCUT2D eigenvalue weighted by molar-refractivity contribution is 0.596. The monoisotopic (exact) mass is 285 g/mol. The molecular weight excluding hydrogens is 270 g/mol. The molecule has 1 aromatic heterocycles. The minimum atomic E-state index is -2.81. The second-order valence-electron chi connectivity index (χ2n) is 4.45. The molecule has 1 atom stereocenters. The predicted octanol–water partition coefficient (Wildman–Crippen LogP) is 0.562. The smallest absolute Gasteiger partial charge is 0.150 e. The fourth-order valence-corrected chi connectivity index (χ4v) is 3.92. The Morgan fingerprint density at radius 3 is 2.83 bits per heavy atom. The van der Waals surface area contributed by atoms with Crippen LogP contribution in [0, 0.1) is 5.92 Å². The van der Waals surface area contributed by atoms with Crippen LogP contribution in [0.1, 0.15) is 12.1 Å². The van der Waals surface area contributed by atoms with Crippen LogP contribution in [0.25, 0.3) is 0 Å². The molecule has 0 aliphatic carbocycles. The molecule has 1 aliphatic heterocycles. The molecule has 2 rings (SSSR count). The Kier molecular flexibility index (Phi) is 3.82. The first kappa shape index (κ1) is 13.2. The maximum atomic E-state index is 11.3. The summed E-state index contributed by atoms with van der Waals surface area (Å²) in [6, 6.07) is 3.58. The topological polar surface area (TPSA) is 85.1 Å². The standard InChI is InChI=1S/C11H15N3O2S2/c12-11(17)10-2-1-9(6-14-10)13-5-8-3-4-18(15,16)7-8/h1-2,6,8,13H,3-5,7H2,(H2,12,17). The summed E-state index contributed by atoms with van der Waals surface area (Å²) in [6.07, 6.45) is 2.38. The van der Waals surface area contributed by atoms with Crippen molar-refractivity contribution in [3.63, 3.8) is 0 Å². The zero-order valence-corrected chi connectivity index (χ0v) is 11.4. The van der Waals surface area contributed by atoms with E-state index in [-0.39, 0.29) is 16.7 Å². The second kappa shape index (κ2) is 5.19. The molecule has 5 nitrogen and oxygen atoms in total. The van der Waals surface area contributed by atoms with E-state index in [2.05, 4.69) is 10.3 Å². The van der Waals surface area contributed by atoms with Crippen LogP contribution in [0.4, 0.5) is 5.69 Å². The summed E-state index contributed by atoms with van der Waals surface area (Å²) in [7, 11) is -2.81. The van der Waals surface area contributed by atoms with Gasteiger partial charge in [-0.25, -0.2) is 8.42 Å². The van der Waals surface area contributed by atoms with Gasteiger partial charge in [-0.15, -0.1) is 0 Å². The number of nitrogens with one attached hydrogen (secondary N) is 1. The van der Waals surface area contributed by atoms with Crippen molar-refractivity contribution in [2.45, 2.75) is 6.42 Å². The highest BCUT2D eigenvalue weighted by Crippen LogP contribution is 2.19. The summed E-state index contributed by atoms with van der Waals surface area (Å²) in [5.41, 5.74) is 6.88. The quantitative estimate of drug-likeness (QED) is 0.786. The van der Waals surface area contributed by atoms with E-state index in [1.165, 1.54) is 0 Å². The molecule has 1 fully saturated rings. The van der Waals surface area contributed by atoms with Crippen LogP contribution < -0.4 is 11.1 Å². The van der Waals surface area contributed by atoms with Crippen molar-refractivity contribution in [2.75, 3.05) is 23.4 Å². The summed E-state index contributed by atoms with van der Waals surface area (Å²) >= 11 is 4.81. The van der Waals surface area contributed by atoms with E-state index >= 15 is 0 Å². The number of thiocarbonyl (C=S) groups is 1. The van der Waals surface area contributed by atoms with Crippen LogP contribution in [-0.4, -0.2) is 36.4 Å².